The van der Waals surface area contributed by atoms with Crippen molar-refractivity contribution in [1.29, 1.82) is 0 Å². The average molecular weight is 310 g/mol. The van der Waals surface area contributed by atoms with Crippen LogP contribution in [0.4, 0.5) is 16.4 Å². The Morgan fingerprint density at radius 2 is 1.96 bits per heavy atom. The minimum absolute atomic E-state index is 0.156. The van der Waals surface area contributed by atoms with Crippen molar-refractivity contribution in [2.75, 3.05) is 11.1 Å². The van der Waals surface area contributed by atoms with Crippen LogP contribution in [0.15, 0.2) is 24.3 Å². The lowest BCUT2D eigenvalue weighted by atomic mass is 10.1. The van der Waals surface area contributed by atoms with Gasteiger partial charge in [0.2, 0.25) is 5.95 Å². The Balaban J connectivity index is 1.55. The Labute approximate surface area is 133 Å². The number of anilines is 2. The van der Waals surface area contributed by atoms with Crippen molar-refractivity contribution in [3.8, 4) is 11.3 Å². The van der Waals surface area contributed by atoms with E-state index in [1.807, 2.05) is 24.3 Å². The number of carbonyl (C=O) groups excluding carboxylic acids is 1. The second-order valence-corrected chi connectivity index (χ2v) is 5.91. The van der Waals surface area contributed by atoms with Gasteiger partial charge in [0.05, 0.1) is 11.4 Å². The quantitative estimate of drug-likeness (QED) is 0.689. The molecule has 2 aliphatic rings. The van der Waals surface area contributed by atoms with E-state index >= 15 is 0 Å². The topological polar surface area (TPSA) is 105 Å². The molecule has 1 aromatic heterocycles. The van der Waals surface area contributed by atoms with Crippen LogP contribution in [0.25, 0.3) is 11.3 Å². The number of rotatable bonds is 3. The Hall–Kier alpha value is -2.67. The maximum absolute atomic E-state index is 11.7. The van der Waals surface area contributed by atoms with E-state index in [2.05, 4.69) is 25.9 Å². The van der Waals surface area contributed by atoms with Gasteiger partial charge in [-0.1, -0.05) is 12.1 Å². The molecule has 0 radical (unpaired) electrons. The lowest BCUT2D eigenvalue weighted by Crippen LogP contribution is -2.30. The first-order valence-electron chi connectivity index (χ1n) is 7.73. The van der Waals surface area contributed by atoms with Gasteiger partial charge in [0.1, 0.15) is 0 Å². The molecule has 2 amide bonds. The van der Waals surface area contributed by atoms with E-state index in [0.717, 1.165) is 54.1 Å². The lowest BCUT2D eigenvalue weighted by molar-refractivity contribution is 0.251. The van der Waals surface area contributed by atoms with E-state index in [4.69, 9.17) is 5.73 Å². The molecule has 2 aromatic rings. The molecule has 23 heavy (non-hydrogen) atoms. The summed E-state index contributed by atoms with van der Waals surface area (Å²) in [6.07, 6.45) is 2.14. The molecule has 1 aliphatic carbocycles. The van der Waals surface area contributed by atoms with Crippen LogP contribution in [0.5, 0.6) is 0 Å². The maximum Gasteiger partial charge on any atom is 0.319 e. The van der Waals surface area contributed by atoms with Crippen molar-refractivity contribution in [3.05, 3.63) is 35.5 Å². The molecule has 0 unspecified atom stereocenters. The third-order valence-electron chi connectivity index (χ3n) is 4.03. The maximum atomic E-state index is 11.7. The molecule has 0 saturated heterocycles. The average Bonchev–Trinajstić information content (AvgIpc) is 3.21. The zero-order chi connectivity index (χ0) is 15.8. The first-order chi connectivity index (χ1) is 11.2. The van der Waals surface area contributed by atoms with E-state index in [0.29, 0.717) is 6.04 Å². The number of fused-ring (bicyclic) bond motifs is 1. The summed E-state index contributed by atoms with van der Waals surface area (Å²) in [5.74, 6) is 0.286. The summed E-state index contributed by atoms with van der Waals surface area (Å²) in [6, 6.07) is 7.80. The van der Waals surface area contributed by atoms with Crippen LogP contribution < -0.4 is 21.7 Å². The molecule has 5 N–H and O–H groups in total. The molecule has 1 aromatic carbocycles. The number of aromatic nitrogens is 2. The third-order valence-corrected chi connectivity index (χ3v) is 4.03. The molecule has 0 spiro atoms. The standard InChI is InChI=1S/C16H18N6O/c17-15-21-13-8-18-7-12(13)14(22-15)9-1-3-10(4-2-9)19-16(23)20-11-5-6-11/h1-4,11,18H,5-8H2,(H2,17,21,22)(H2,19,20,23). The van der Waals surface area contributed by atoms with Crippen molar-refractivity contribution in [2.24, 2.45) is 0 Å². The highest BCUT2D eigenvalue weighted by Gasteiger charge is 2.23. The smallest absolute Gasteiger partial charge is 0.319 e. The number of nitrogens with two attached hydrogens (primary N) is 1. The Morgan fingerprint density at radius 3 is 2.70 bits per heavy atom. The molecule has 1 saturated carbocycles. The summed E-state index contributed by atoms with van der Waals surface area (Å²) in [5.41, 5.74) is 10.4. The fourth-order valence-electron chi connectivity index (χ4n) is 2.72. The summed E-state index contributed by atoms with van der Waals surface area (Å²) in [5, 5.41) is 8.99. The minimum Gasteiger partial charge on any atom is -0.368 e. The Kier molecular flexibility index (Phi) is 3.34. The van der Waals surface area contributed by atoms with Crippen molar-refractivity contribution >= 4 is 17.7 Å². The monoisotopic (exact) mass is 310 g/mol. The van der Waals surface area contributed by atoms with E-state index in [1.165, 1.54) is 0 Å². The molecule has 2 heterocycles. The van der Waals surface area contributed by atoms with Gasteiger partial charge in [0.25, 0.3) is 0 Å². The van der Waals surface area contributed by atoms with Crippen LogP contribution in [-0.2, 0) is 13.1 Å². The lowest BCUT2D eigenvalue weighted by Gasteiger charge is -2.10. The summed E-state index contributed by atoms with van der Waals surface area (Å²) in [4.78, 5) is 20.4. The van der Waals surface area contributed by atoms with E-state index < -0.39 is 0 Å². The van der Waals surface area contributed by atoms with Gasteiger partial charge in [-0.3, -0.25) is 0 Å². The highest BCUT2D eigenvalue weighted by Crippen LogP contribution is 2.28. The van der Waals surface area contributed by atoms with Crippen LogP contribution in [0.3, 0.4) is 0 Å². The van der Waals surface area contributed by atoms with Crippen molar-refractivity contribution < 1.29 is 4.79 Å². The number of nitrogen functional groups attached to an aromatic ring is 1. The summed E-state index contributed by atoms with van der Waals surface area (Å²) in [6.45, 7) is 1.46. The summed E-state index contributed by atoms with van der Waals surface area (Å²) < 4.78 is 0. The summed E-state index contributed by atoms with van der Waals surface area (Å²) >= 11 is 0. The number of carbonyl (C=O) groups is 1. The van der Waals surface area contributed by atoms with Gasteiger partial charge in [-0.25, -0.2) is 14.8 Å². The normalized spacial score (nSPS) is 16.0. The second kappa shape index (κ2) is 5.51. The van der Waals surface area contributed by atoms with Gasteiger partial charge in [0.15, 0.2) is 0 Å². The first-order valence-corrected chi connectivity index (χ1v) is 7.73. The molecule has 0 atom stereocenters. The number of hydrogen-bond acceptors (Lipinski definition) is 5. The summed E-state index contributed by atoms with van der Waals surface area (Å²) in [7, 11) is 0. The van der Waals surface area contributed by atoms with Gasteiger partial charge >= 0.3 is 6.03 Å². The fraction of sp³-hybridized carbons (Fsp3) is 0.312. The number of nitrogens with zero attached hydrogens (tertiary/aromatic N) is 2. The van der Waals surface area contributed by atoms with Crippen LogP contribution in [-0.4, -0.2) is 22.0 Å². The van der Waals surface area contributed by atoms with E-state index in [9.17, 15) is 4.79 Å². The number of hydrogen-bond donors (Lipinski definition) is 4. The van der Waals surface area contributed by atoms with Crippen molar-refractivity contribution in [1.82, 2.24) is 20.6 Å². The minimum atomic E-state index is -0.156. The van der Waals surface area contributed by atoms with E-state index in [-0.39, 0.29) is 12.0 Å². The molecule has 0 bridgehead atoms. The van der Waals surface area contributed by atoms with Gasteiger partial charge in [0, 0.05) is 35.9 Å². The molecule has 118 valence electrons. The van der Waals surface area contributed by atoms with Crippen molar-refractivity contribution in [3.63, 3.8) is 0 Å². The number of urea groups is 1. The molecule has 7 heteroatoms. The predicted octanol–water partition coefficient (Wildman–Crippen LogP) is 1.61. The van der Waals surface area contributed by atoms with E-state index in [1.54, 1.807) is 0 Å². The van der Waals surface area contributed by atoms with Crippen LogP contribution in [0.1, 0.15) is 24.1 Å². The molecular weight excluding hydrogens is 292 g/mol. The zero-order valence-corrected chi connectivity index (χ0v) is 12.6. The molecular formula is C16H18N6O. The van der Waals surface area contributed by atoms with Crippen molar-refractivity contribution in [2.45, 2.75) is 32.0 Å². The van der Waals surface area contributed by atoms with Gasteiger partial charge < -0.3 is 21.7 Å². The molecule has 4 rings (SSSR count). The molecule has 1 aliphatic heterocycles. The molecule has 1 fully saturated rings. The predicted molar refractivity (Wildman–Crippen MR) is 87.6 cm³/mol. The number of benzene rings is 1. The largest absolute Gasteiger partial charge is 0.368 e. The number of nitrogens with one attached hydrogen (secondary N) is 3. The van der Waals surface area contributed by atoms with Gasteiger partial charge in [-0.05, 0) is 25.0 Å². The molecule has 7 nitrogen and oxygen atoms in total. The highest BCUT2D eigenvalue weighted by molar-refractivity contribution is 5.90. The van der Waals surface area contributed by atoms with Crippen LogP contribution in [0, 0.1) is 0 Å². The van der Waals surface area contributed by atoms with Gasteiger partial charge in [-0.2, -0.15) is 0 Å². The van der Waals surface area contributed by atoms with Gasteiger partial charge in [-0.15, -0.1) is 0 Å². The Bertz CT molecular complexity index is 754. The van der Waals surface area contributed by atoms with Crippen LogP contribution >= 0.6 is 0 Å². The fourth-order valence-corrected chi connectivity index (χ4v) is 2.72. The first kappa shape index (κ1) is 14.0. The third kappa shape index (κ3) is 2.95. The second-order valence-electron chi connectivity index (χ2n) is 5.91. The SMILES string of the molecule is Nc1nc2c(c(-c3ccc(NC(=O)NC4CC4)cc3)n1)CNC2. The van der Waals surface area contributed by atoms with Crippen LogP contribution in [0.2, 0.25) is 0 Å². The zero-order valence-electron chi connectivity index (χ0n) is 12.6. The Morgan fingerprint density at radius 1 is 1.17 bits per heavy atom. The number of amides is 2. The highest BCUT2D eigenvalue weighted by atomic mass is 16.2.